The Kier molecular flexibility index (Phi) is 3.72. The highest BCUT2D eigenvalue weighted by atomic mass is 32.2. The Bertz CT molecular complexity index is 520. The van der Waals surface area contributed by atoms with Crippen LogP contribution in [0.2, 0.25) is 0 Å². The summed E-state index contributed by atoms with van der Waals surface area (Å²) >= 11 is 3.34. The Balaban J connectivity index is 1.67. The van der Waals surface area contributed by atoms with Gasteiger partial charge in [-0.15, -0.1) is 23.5 Å². The quantitative estimate of drug-likeness (QED) is 0.911. The van der Waals surface area contributed by atoms with E-state index in [1.54, 1.807) is 40.8 Å². The van der Waals surface area contributed by atoms with Crippen LogP contribution in [0.5, 0.6) is 0 Å². The number of carbonyl (C=O) groups is 2. The number of hydrogen-bond acceptors (Lipinski definition) is 5. The van der Waals surface area contributed by atoms with Gasteiger partial charge in [0.15, 0.2) is 0 Å². The lowest BCUT2D eigenvalue weighted by atomic mass is 10.2. The number of fused-ring (bicyclic) bond motifs is 1. The van der Waals surface area contributed by atoms with Gasteiger partial charge in [0.05, 0.1) is 23.4 Å². The van der Waals surface area contributed by atoms with Crippen LogP contribution in [0.1, 0.15) is 12.7 Å². The molecule has 0 unspecified atom stereocenters. The summed E-state index contributed by atoms with van der Waals surface area (Å²) in [7, 11) is 0. The van der Waals surface area contributed by atoms with Crippen molar-refractivity contribution in [2.24, 2.45) is 0 Å². The maximum Gasteiger partial charge on any atom is 0.244 e. The molecule has 2 fully saturated rings. The average Bonchev–Trinajstić information content (AvgIpc) is 3.03. The summed E-state index contributed by atoms with van der Waals surface area (Å²) < 4.78 is 5.19. The molecule has 0 radical (unpaired) electrons. The second kappa shape index (κ2) is 5.37. The van der Waals surface area contributed by atoms with Gasteiger partial charge in [0, 0.05) is 11.5 Å². The Morgan fingerprint density at radius 2 is 2.50 bits per heavy atom. The third-order valence-electron chi connectivity index (χ3n) is 3.56. The monoisotopic (exact) mass is 312 g/mol. The van der Waals surface area contributed by atoms with Crippen LogP contribution in [-0.4, -0.2) is 44.9 Å². The van der Waals surface area contributed by atoms with Crippen molar-refractivity contribution in [2.75, 3.05) is 17.3 Å². The van der Waals surface area contributed by atoms with Crippen LogP contribution in [0, 0.1) is 0 Å². The number of hydrogen-bond donors (Lipinski definition) is 1. The first-order valence-corrected chi connectivity index (χ1v) is 8.58. The number of carbonyl (C=O) groups excluding carboxylic acids is 2. The molecular formula is C13H16N2O3S2. The molecule has 2 aliphatic rings. The molecule has 0 spiro atoms. The number of nitrogens with zero attached hydrogens (tertiary/aromatic N) is 1. The lowest BCUT2D eigenvalue weighted by Gasteiger charge is -2.40. The second-order valence-electron chi connectivity index (χ2n) is 5.06. The first-order valence-electron chi connectivity index (χ1n) is 6.44. The molecule has 5 nitrogen and oxygen atoms in total. The number of amides is 2. The summed E-state index contributed by atoms with van der Waals surface area (Å²) in [5.74, 6) is 2.69. The molecule has 3 rings (SSSR count). The largest absolute Gasteiger partial charge is 0.467 e. The third kappa shape index (κ3) is 2.44. The van der Waals surface area contributed by atoms with Gasteiger partial charge in [0.1, 0.15) is 11.8 Å². The Morgan fingerprint density at radius 1 is 1.65 bits per heavy atom. The summed E-state index contributed by atoms with van der Waals surface area (Å²) in [5.41, 5.74) is 0. The Morgan fingerprint density at radius 3 is 3.25 bits per heavy atom. The number of furan rings is 1. The highest BCUT2D eigenvalue weighted by Gasteiger charge is 2.50. The third-order valence-corrected chi connectivity index (χ3v) is 6.40. The molecule has 108 valence electrons. The number of nitrogens with one attached hydrogen (secondary N) is 1. The maximum absolute atomic E-state index is 12.3. The molecule has 1 N–H and O–H groups in total. The normalized spacial score (nSPS) is 29.4. The van der Waals surface area contributed by atoms with Crippen LogP contribution in [0.4, 0.5) is 0 Å². The molecule has 20 heavy (non-hydrogen) atoms. The molecule has 7 heteroatoms. The van der Waals surface area contributed by atoms with Crippen molar-refractivity contribution < 1.29 is 14.0 Å². The Hall–Kier alpha value is -1.08. The zero-order valence-corrected chi connectivity index (χ0v) is 12.8. The van der Waals surface area contributed by atoms with Crippen LogP contribution < -0.4 is 5.32 Å². The van der Waals surface area contributed by atoms with Crippen LogP contribution in [0.3, 0.4) is 0 Å². The zero-order chi connectivity index (χ0) is 14.2. The molecule has 3 heterocycles. The SMILES string of the molecule is C[C@]12CSCC(=O)N1[C@H](C(=O)NCc1ccco1)CS2. The highest BCUT2D eigenvalue weighted by molar-refractivity contribution is 8.04. The average molecular weight is 312 g/mol. The van der Waals surface area contributed by atoms with E-state index >= 15 is 0 Å². The fraction of sp³-hybridized carbons (Fsp3) is 0.538. The van der Waals surface area contributed by atoms with Crippen molar-refractivity contribution >= 4 is 35.3 Å². The van der Waals surface area contributed by atoms with Gasteiger partial charge in [-0.3, -0.25) is 9.59 Å². The number of thioether (sulfide) groups is 2. The van der Waals surface area contributed by atoms with Gasteiger partial charge in [0.25, 0.3) is 0 Å². The zero-order valence-electron chi connectivity index (χ0n) is 11.1. The van der Waals surface area contributed by atoms with Crippen molar-refractivity contribution in [2.45, 2.75) is 24.4 Å². The summed E-state index contributed by atoms with van der Waals surface area (Å²) in [6.07, 6.45) is 1.58. The van der Waals surface area contributed by atoms with Gasteiger partial charge in [-0.25, -0.2) is 0 Å². The second-order valence-corrected chi connectivity index (χ2v) is 7.54. The fourth-order valence-electron chi connectivity index (χ4n) is 2.58. The topological polar surface area (TPSA) is 62.6 Å². The predicted octanol–water partition coefficient (Wildman–Crippen LogP) is 1.30. The smallest absolute Gasteiger partial charge is 0.244 e. The van der Waals surface area contributed by atoms with Crippen LogP contribution >= 0.6 is 23.5 Å². The minimum Gasteiger partial charge on any atom is -0.467 e. The van der Waals surface area contributed by atoms with Crippen molar-refractivity contribution in [3.63, 3.8) is 0 Å². The number of rotatable bonds is 3. The van der Waals surface area contributed by atoms with E-state index in [1.807, 2.05) is 13.0 Å². The predicted molar refractivity (Wildman–Crippen MR) is 79.4 cm³/mol. The van der Waals surface area contributed by atoms with Crippen LogP contribution in [0.25, 0.3) is 0 Å². The minimum atomic E-state index is -0.367. The van der Waals surface area contributed by atoms with E-state index in [2.05, 4.69) is 5.32 Å². The molecule has 0 saturated carbocycles. The molecule has 1 aromatic heterocycles. The fourth-order valence-corrected chi connectivity index (χ4v) is 5.28. The highest BCUT2D eigenvalue weighted by Crippen LogP contribution is 2.44. The van der Waals surface area contributed by atoms with Gasteiger partial charge in [-0.2, -0.15) is 0 Å². The molecular weight excluding hydrogens is 296 g/mol. The minimum absolute atomic E-state index is 0.0619. The van der Waals surface area contributed by atoms with Crippen molar-refractivity contribution in [1.29, 1.82) is 0 Å². The van der Waals surface area contributed by atoms with E-state index in [1.165, 1.54) is 0 Å². The summed E-state index contributed by atoms with van der Waals surface area (Å²) in [5, 5.41) is 2.85. The summed E-state index contributed by atoms with van der Waals surface area (Å²) in [6, 6.07) is 3.24. The maximum atomic E-state index is 12.3. The lowest BCUT2D eigenvalue weighted by Crippen LogP contribution is -2.57. The van der Waals surface area contributed by atoms with Gasteiger partial charge in [0.2, 0.25) is 11.8 Å². The van der Waals surface area contributed by atoms with Crippen molar-refractivity contribution in [3.05, 3.63) is 24.2 Å². The van der Waals surface area contributed by atoms with Crippen LogP contribution in [0.15, 0.2) is 22.8 Å². The molecule has 2 saturated heterocycles. The molecule has 2 aliphatic heterocycles. The molecule has 0 aromatic carbocycles. The van der Waals surface area contributed by atoms with Gasteiger partial charge in [-0.05, 0) is 19.1 Å². The van der Waals surface area contributed by atoms with E-state index < -0.39 is 0 Å². The molecule has 2 atom stereocenters. The van der Waals surface area contributed by atoms with Crippen molar-refractivity contribution in [1.82, 2.24) is 10.2 Å². The molecule has 2 amide bonds. The van der Waals surface area contributed by atoms with E-state index in [-0.39, 0.29) is 22.7 Å². The van der Waals surface area contributed by atoms with E-state index in [4.69, 9.17) is 4.42 Å². The first-order chi connectivity index (χ1) is 9.60. The van der Waals surface area contributed by atoms with E-state index in [0.29, 0.717) is 23.8 Å². The van der Waals surface area contributed by atoms with Gasteiger partial charge in [-0.1, -0.05) is 0 Å². The summed E-state index contributed by atoms with van der Waals surface area (Å²) in [6.45, 7) is 2.40. The standard InChI is InChI=1S/C13H16N2O3S2/c1-13-8-19-7-11(16)15(13)10(6-20-13)12(17)14-5-9-3-2-4-18-9/h2-4,10H,5-8H2,1H3,(H,14,17)/t10-,13-/m0/s1. The van der Waals surface area contributed by atoms with Crippen molar-refractivity contribution in [3.8, 4) is 0 Å². The molecule has 0 bridgehead atoms. The first kappa shape index (κ1) is 13.9. The van der Waals surface area contributed by atoms with E-state index in [0.717, 1.165) is 5.75 Å². The Labute approximate surface area is 125 Å². The van der Waals surface area contributed by atoms with Gasteiger partial charge < -0.3 is 14.6 Å². The summed E-state index contributed by atoms with van der Waals surface area (Å²) in [4.78, 5) is 26.0. The van der Waals surface area contributed by atoms with E-state index in [9.17, 15) is 9.59 Å². The van der Waals surface area contributed by atoms with Gasteiger partial charge >= 0.3 is 0 Å². The molecule has 1 aromatic rings. The lowest BCUT2D eigenvalue weighted by molar-refractivity contribution is -0.140. The van der Waals surface area contributed by atoms with Crippen LogP contribution in [-0.2, 0) is 16.1 Å². The molecule has 0 aliphatic carbocycles.